The minimum absolute atomic E-state index is 0.0588. The van der Waals surface area contributed by atoms with Crippen molar-refractivity contribution in [2.75, 3.05) is 0 Å². The van der Waals surface area contributed by atoms with Crippen LogP contribution in [0.3, 0.4) is 0 Å². The highest BCUT2D eigenvalue weighted by Gasteiger charge is 2.25. The SMILES string of the molecule is O=C1CCC(C(=O)c2cc[nH]c2)CC1. The molecule has 0 spiro atoms. The number of ketones is 2. The molecule has 0 saturated heterocycles. The number of rotatable bonds is 2. The maximum atomic E-state index is 11.8. The second kappa shape index (κ2) is 3.78. The molecule has 0 amide bonds. The van der Waals surface area contributed by atoms with E-state index >= 15 is 0 Å². The van der Waals surface area contributed by atoms with Crippen LogP contribution in [-0.4, -0.2) is 16.6 Å². The molecule has 1 heterocycles. The number of H-pyrrole nitrogens is 1. The van der Waals surface area contributed by atoms with E-state index in [-0.39, 0.29) is 11.7 Å². The maximum Gasteiger partial charge on any atom is 0.167 e. The van der Waals surface area contributed by atoms with Crippen LogP contribution in [0.2, 0.25) is 0 Å². The van der Waals surface area contributed by atoms with E-state index in [4.69, 9.17) is 0 Å². The second-order valence-corrected chi connectivity index (χ2v) is 3.78. The van der Waals surface area contributed by atoms with Crippen molar-refractivity contribution in [3.8, 4) is 0 Å². The number of aromatic nitrogens is 1. The van der Waals surface area contributed by atoms with Gasteiger partial charge in [-0.05, 0) is 18.9 Å². The van der Waals surface area contributed by atoms with E-state index in [9.17, 15) is 9.59 Å². The van der Waals surface area contributed by atoms with E-state index < -0.39 is 0 Å². The van der Waals surface area contributed by atoms with Crippen LogP contribution in [0, 0.1) is 5.92 Å². The predicted octanol–water partition coefficient (Wildman–Crippen LogP) is 1.96. The molecule has 1 aromatic heterocycles. The van der Waals surface area contributed by atoms with Crippen LogP contribution < -0.4 is 0 Å². The van der Waals surface area contributed by atoms with Gasteiger partial charge < -0.3 is 4.98 Å². The fraction of sp³-hybridized carbons (Fsp3) is 0.455. The first-order valence-electron chi connectivity index (χ1n) is 4.96. The van der Waals surface area contributed by atoms with Gasteiger partial charge in [-0.25, -0.2) is 0 Å². The summed E-state index contributed by atoms with van der Waals surface area (Å²) in [5.74, 6) is 0.533. The first-order chi connectivity index (χ1) is 6.77. The normalized spacial score (nSPS) is 18.4. The van der Waals surface area contributed by atoms with Crippen LogP contribution in [0.1, 0.15) is 36.0 Å². The Morgan fingerprint density at radius 1 is 1.36 bits per heavy atom. The first kappa shape index (κ1) is 9.19. The summed E-state index contributed by atoms with van der Waals surface area (Å²) in [4.78, 5) is 25.7. The molecular formula is C11H13NO2. The van der Waals surface area contributed by atoms with Crippen molar-refractivity contribution in [2.24, 2.45) is 5.92 Å². The van der Waals surface area contributed by atoms with Gasteiger partial charge in [0.15, 0.2) is 5.78 Å². The zero-order chi connectivity index (χ0) is 9.97. The lowest BCUT2D eigenvalue weighted by atomic mass is 9.84. The largest absolute Gasteiger partial charge is 0.367 e. The highest BCUT2D eigenvalue weighted by atomic mass is 16.1. The molecule has 3 heteroatoms. The lowest BCUT2D eigenvalue weighted by Crippen LogP contribution is -2.21. The van der Waals surface area contributed by atoms with Crippen LogP contribution in [0.4, 0.5) is 0 Å². The zero-order valence-electron chi connectivity index (χ0n) is 7.95. The first-order valence-corrected chi connectivity index (χ1v) is 4.96. The molecule has 1 aliphatic rings. The predicted molar refractivity (Wildman–Crippen MR) is 52.1 cm³/mol. The Bertz CT molecular complexity index is 330. The number of aromatic amines is 1. The fourth-order valence-electron chi connectivity index (χ4n) is 1.91. The number of carbonyl (C=O) groups is 2. The summed E-state index contributed by atoms with van der Waals surface area (Å²) in [5.41, 5.74) is 0.740. The van der Waals surface area contributed by atoms with Crippen LogP contribution in [0.25, 0.3) is 0 Å². The van der Waals surface area contributed by atoms with Crippen LogP contribution in [0.15, 0.2) is 18.5 Å². The van der Waals surface area contributed by atoms with Crippen molar-refractivity contribution in [1.29, 1.82) is 0 Å². The molecule has 0 aromatic carbocycles. The molecule has 14 heavy (non-hydrogen) atoms. The summed E-state index contributed by atoms with van der Waals surface area (Å²) >= 11 is 0. The fourth-order valence-corrected chi connectivity index (χ4v) is 1.91. The molecule has 0 unspecified atom stereocenters. The van der Waals surface area contributed by atoms with Crippen molar-refractivity contribution in [3.63, 3.8) is 0 Å². The van der Waals surface area contributed by atoms with Crippen molar-refractivity contribution in [1.82, 2.24) is 4.98 Å². The van der Waals surface area contributed by atoms with Gasteiger partial charge in [-0.1, -0.05) is 0 Å². The van der Waals surface area contributed by atoms with Gasteiger partial charge >= 0.3 is 0 Å². The molecule has 74 valence electrons. The molecule has 1 aromatic rings. The minimum atomic E-state index is 0.0588. The average Bonchev–Trinajstić information content (AvgIpc) is 2.71. The zero-order valence-corrected chi connectivity index (χ0v) is 7.95. The maximum absolute atomic E-state index is 11.8. The molecule has 0 bridgehead atoms. The van der Waals surface area contributed by atoms with Gasteiger partial charge in [0.2, 0.25) is 0 Å². The summed E-state index contributed by atoms with van der Waals surface area (Å²) in [6.45, 7) is 0. The van der Waals surface area contributed by atoms with E-state index in [1.54, 1.807) is 18.5 Å². The van der Waals surface area contributed by atoms with Crippen molar-refractivity contribution >= 4 is 11.6 Å². The van der Waals surface area contributed by atoms with E-state index in [2.05, 4.69) is 4.98 Å². The van der Waals surface area contributed by atoms with Crippen LogP contribution in [0.5, 0.6) is 0 Å². The molecule has 1 aliphatic carbocycles. The Labute approximate surface area is 82.5 Å². The third kappa shape index (κ3) is 1.76. The van der Waals surface area contributed by atoms with E-state index in [0.717, 1.165) is 18.4 Å². The highest BCUT2D eigenvalue weighted by Crippen LogP contribution is 2.24. The third-order valence-electron chi connectivity index (χ3n) is 2.80. The Balaban J connectivity index is 2.03. The number of nitrogens with one attached hydrogen (secondary N) is 1. The number of hydrogen-bond acceptors (Lipinski definition) is 2. The number of carbonyl (C=O) groups excluding carboxylic acids is 2. The van der Waals surface area contributed by atoms with Crippen LogP contribution in [-0.2, 0) is 4.79 Å². The molecule has 1 saturated carbocycles. The molecule has 1 fully saturated rings. The molecule has 1 N–H and O–H groups in total. The highest BCUT2D eigenvalue weighted by molar-refractivity contribution is 5.98. The van der Waals surface area contributed by atoms with E-state index in [1.807, 2.05) is 0 Å². The average molecular weight is 191 g/mol. The molecule has 0 atom stereocenters. The summed E-state index contributed by atoms with van der Waals surface area (Å²) in [5, 5.41) is 0. The summed E-state index contributed by atoms with van der Waals surface area (Å²) in [6, 6.07) is 1.79. The Morgan fingerprint density at radius 2 is 2.07 bits per heavy atom. The van der Waals surface area contributed by atoms with Crippen molar-refractivity contribution in [2.45, 2.75) is 25.7 Å². The standard InChI is InChI=1S/C11H13NO2/c13-10-3-1-8(2-4-10)11(14)9-5-6-12-7-9/h5-8,12H,1-4H2. The third-order valence-corrected chi connectivity index (χ3v) is 2.80. The van der Waals surface area contributed by atoms with Gasteiger partial charge in [-0.3, -0.25) is 9.59 Å². The monoisotopic (exact) mass is 191 g/mol. The van der Waals surface area contributed by atoms with E-state index in [0.29, 0.717) is 18.6 Å². The number of Topliss-reactive ketones (excluding diaryl/α,β-unsaturated/α-hetero) is 2. The lowest BCUT2D eigenvalue weighted by molar-refractivity contribution is -0.120. The van der Waals surface area contributed by atoms with Gasteiger partial charge in [0.05, 0.1) is 0 Å². The summed E-state index contributed by atoms with van der Waals surface area (Å²) in [7, 11) is 0. The quantitative estimate of drug-likeness (QED) is 0.726. The number of hydrogen-bond donors (Lipinski definition) is 1. The van der Waals surface area contributed by atoms with Crippen LogP contribution >= 0.6 is 0 Å². The second-order valence-electron chi connectivity index (χ2n) is 3.78. The lowest BCUT2D eigenvalue weighted by Gasteiger charge is -2.18. The molecule has 0 radical (unpaired) electrons. The van der Waals surface area contributed by atoms with Gasteiger partial charge in [0, 0.05) is 36.7 Å². The molecular weight excluding hydrogens is 178 g/mol. The summed E-state index contributed by atoms with van der Waals surface area (Å²) in [6.07, 6.45) is 6.06. The molecule has 3 nitrogen and oxygen atoms in total. The molecule has 2 rings (SSSR count). The van der Waals surface area contributed by atoms with Gasteiger partial charge in [0.1, 0.15) is 5.78 Å². The van der Waals surface area contributed by atoms with Crippen molar-refractivity contribution < 1.29 is 9.59 Å². The molecule has 0 aliphatic heterocycles. The van der Waals surface area contributed by atoms with Gasteiger partial charge in [-0.15, -0.1) is 0 Å². The minimum Gasteiger partial charge on any atom is -0.367 e. The Kier molecular flexibility index (Phi) is 2.48. The topological polar surface area (TPSA) is 49.9 Å². The van der Waals surface area contributed by atoms with Gasteiger partial charge in [0.25, 0.3) is 0 Å². The Hall–Kier alpha value is -1.38. The van der Waals surface area contributed by atoms with E-state index in [1.165, 1.54) is 0 Å². The Morgan fingerprint density at radius 3 is 2.64 bits per heavy atom. The summed E-state index contributed by atoms with van der Waals surface area (Å²) < 4.78 is 0. The van der Waals surface area contributed by atoms with Crippen molar-refractivity contribution in [3.05, 3.63) is 24.0 Å². The smallest absolute Gasteiger partial charge is 0.167 e. The van der Waals surface area contributed by atoms with Gasteiger partial charge in [-0.2, -0.15) is 0 Å².